The summed E-state index contributed by atoms with van der Waals surface area (Å²) in [7, 11) is 0. The lowest BCUT2D eigenvalue weighted by molar-refractivity contribution is -0.142. The van der Waals surface area contributed by atoms with Crippen molar-refractivity contribution in [1.82, 2.24) is 5.32 Å². The highest BCUT2D eigenvalue weighted by molar-refractivity contribution is 5.85. The first-order valence-corrected chi connectivity index (χ1v) is 7.18. The zero-order valence-electron chi connectivity index (χ0n) is 12.1. The number of benzene rings is 1. The van der Waals surface area contributed by atoms with E-state index in [0.717, 1.165) is 25.7 Å². The maximum atomic E-state index is 12.2. The topological polar surface area (TPSA) is 66.4 Å². The number of nitrogens with one attached hydrogen (secondary N) is 1. The van der Waals surface area contributed by atoms with Crippen molar-refractivity contribution < 1.29 is 14.7 Å². The zero-order valence-corrected chi connectivity index (χ0v) is 12.1. The molecule has 1 aromatic rings. The van der Waals surface area contributed by atoms with E-state index in [9.17, 15) is 14.7 Å². The second-order valence-electron chi connectivity index (χ2n) is 4.94. The Balaban J connectivity index is 2.75. The fourth-order valence-corrected chi connectivity index (χ4v) is 2.16. The van der Waals surface area contributed by atoms with Gasteiger partial charge in [-0.25, -0.2) is 4.79 Å². The third kappa shape index (κ3) is 4.68. The fourth-order valence-electron chi connectivity index (χ4n) is 2.16. The summed E-state index contributed by atoms with van der Waals surface area (Å²) in [4.78, 5) is 23.5. The molecule has 20 heavy (non-hydrogen) atoms. The molecule has 4 heteroatoms. The summed E-state index contributed by atoms with van der Waals surface area (Å²) in [5.41, 5.74) is 0.596. The highest BCUT2D eigenvalue weighted by Crippen LogP contribution is 2.17. The summed E-state index contributed by atoms with van der Waals surface area (Å²) < 4.78 is 0. The highest BCUT2D eigenvalue weighted by atomic mass is 16.4. The van der Waals surface area contributed by atoms with E-state index >= 15 is 0 Å². The Labute approximate surface area is 120 Å². The van der Waals surface area contributed by atoms with Gasteiger partial charge in [0.15, 0.2) is 6.04 Å². The van der Waals surface area contributed by atoms with E-state index in [4.69, 9.17) is 0 Å². The van der Waals surface area contributed by atoms with Gasteiger partial charge in [-0.2, -0.15) is 0 Å². The van der Waals surface area contributed by atoms with Crippen LogP contribution in [0.25, 0.3) is 0 Å². The van der Waals surface area contributed by atoms with Crippen LogP contribution in [0.15, 0.2) is 30.3 Å². The van der Waals surface area contributed by atoms with E-state index in [0.29, 0.717) is 5.56 Å². The molecule has 110 valence electrons. The van der Waals surface area contributed by atoms with Crippen molar-refractivity contribution in [2.45, 2.75) is 45.6 Å². The average Bonchev–Trinajstić information content (AvgIpc) is 2.46. The van der Waals surface area contributed by atoms with Crippen LogP contribution < -0.4 is 5.32 Å². The third-order valence-corrected chi connectivity index (χ3v) is 3.44. The van der Waals surface area contributed by atoms with Crippen molar-refractivity contribution in [2.24, 2.45) is 5.92 Å². The summed E-state index contributed by atoms with van der Waals surface area (Å²) in [6.45, 7) is 4.03. The Morgan fingerprint density at radius 3 is 2.35 bits per heavy atom. The van der Waals surface area contributed by atoms with Crippen molar-refractivity contribution in [1.29, 1.82) is 0 Å². The fraction of sp³-hybridized carbons (Fsp3) is 0.500. The minimum atomic E-state index is -1.03. The van der Waals surface area contributed by atoms with E-state index in [1.165, 1.54) is 0 Å². The second kappa shape index (κ2) is 8.35. The number of carboxylic acids is 1. The van der Waals surface area contributed by atoms with Crippen LogP contribution in [0.3, 0.4) is 0 Å². The van der Waals surface area contributed by atoms with Gasteiger partial charge in [0.2, 0.25) is 5.91 Å². The van der Waals surface area contributed by atoms with Crippen LogP contribution in [0.2, 0.25) is 0 Å². The summed E-state index contributed by atoms with van der Waals surface area (Å²) in [5.74, 6) is -1.31. The van der Waals surface area contributed by atoms with Crippen LogP contribution in [0.4, 0.5) is 0 Å². The van der Waals surface area contributed by atoms with Crippen molar-refractivity contribution in [3.05, 3.63) is 35.9 Å². The summed E-state index contributed by atoms with van der Waals surface area (Å²) in [6, 6.07) is 7.81. The first kappa shape index (κ1) is 16.2. The van der Waals surface area contributed by atoms with Crippen molar-refractivity contribution in [3.63, 3.8) is 0 Å². The van der Waals surface area contributed by atoms with E-state index in [1.54, 1.807) is 24.3 Å². The molecule has 2 N–H and O–H groups in total. The van der Waals surface area contributed by atoms with Crippen LogP contribution in [-0.4, -0.2) is 17.0 Å². The average molecular weight is 277 g/mol. The number of hydrogen-bond acceptors (Lipinski definition) is 2. The van der Waals surface area contributed by atoms with Gasteiger partial charge in [0.05, 0.1) is 0 Å². The summed E-state index contributed by atoms with van der Waals surface area (Å²) in [5, 5.41) is 11.9. The number of carboxylic acid groups (broad SMARTS) is 1. The smallest absolute Gasteiger partial charge is 0.330 e. The Morgan fingerprint density at radius 2 is 1.85 bits per heavy atom. The number of unbranched alkanes of at least 4 members (excludes halogenated alkanes) is 1. The van der Waals surface area contributed by atoms with E-state index in [2.05, 4.69) is 12.2 Å². The number of hydrogen-bond donors (Lipinski definition) is 2. The normalized spacial score (nSPS) is 13.5. The molecule has 0 heterocycles. The summed E-state index contributed by atoms with van der Waals surface area (Å²) >= 11 is 0. The first-order chi connectivity index (χ1) is 9.60. The molecule has 0 fully saturated rings. The molecule has 0 aromatic heterocycles. The van der Waals surface area contributed by atoms with Crippen molar-refractivity contribution in [3.8, 4) is 0 Å². The molecule has 2 atom stereocenters. The van der Waals surface area contributed by atoms with Gasteiger partial charge >= 0.3 is 5.97 Å². The lowest BCUT2D eigenvalue weighted by Crippen LogP contribution is -2.37. The van der Waals surface area contributed by atoms with Gasteiger partial charge in [-0.15, -0.1) is 0 Å². The zero-order chi connectivity index (χ0) is 15.0. The molecule has 1 amide bonds. The van der Waals surface area contributed by atoms with Gasteiger partial charge in [0.1, 0.15) is 0 Å². The van der Waals surface area contributed by atoms with Gasteiger partial charge in [-0.3, -0.25) is 4.79 Å². The molecule has 0 bridgehead atoms. The molecule has 1 rings (SSSR count). The van der Waals surface area contributed by atoms with Gasteiger partial charge in [-0.1, -0.05) is 57.0 Å². The van der Waals surface area contributed by atoms with Crippen LogP contribution in [0.1, 0.15) is 51.1 Å². The Kier molecular flexibility index (Phi) is 6.77. The minimum absolute atomic E-state index is 0.111. The molecule has 1 aromatic carbocycles. The molecule has 0 saturated carbocycles. The second-order valence-corrected chi connectivity index (χ2v) is 4.94. The Morgan fingerprint density at radius 1 is 1.20 bits per heavy atom. The molecule has 0 aliphatic rings. The van der Waals surface area contributed by atoms with Gasteiger partial charge < -0.3 is 10.4 Å². The molecule has 2 unspecified atom stereocenters. The summed E-state index contributed by atoms with van der Waals surface area (Å²) in [6.07, 6.45) is 3.55. The SMILES string of the molecule is CCCCC(CC)C(=O)NC(C(=O)O)c1ccccc1. The molecule has 0 saturated heterocycles. The maximum absolute atomic E-state index is 12.2. The number of carbonyl (C=O) groups is 2. The number of rotatable bonds is 8. The molecule has 0 aliphatic heterocycles. The monoisotopic (exact) mass is 277 g/mol. The van der Waals surface area contributed by atoms with Gasteiger partial charge in [0, 0.05) is 5.92 Å². The number of amides is 1. The third-order valence-electron chi connectivity index (χ3n) is 3.44. The molecule has 4 nitrogen and oxygen atoms in total. The molecule has 0 spiro atoms. The van der Waals surface area contributed by atoms with Crippen LogP contribution in [0.5, 0.6) is 0 Å². The lowest BCUT2D eigenvalue weighted by atomic mass is 9.97. The molecular weight excluding hydrogens is 254 g/mol. The van der Waals surface area contributed by atoms with Crippen molar-refractivity contribution >= 4 is 11.9 Å². The van der Waals surface area contributed by atoms with Gasteiger partial charge in [-0.05, 0) is 18.4 Å². The highest BCUT2D eigenvalue weighted by Gasteiger charge is 2.25. The predicted molar refractivity (Wildman–Crippen MR) is 78.3 cm³/mol. The van der Waals surface area contributed by atoms with Crippen molar-refractivity contribution in [2.75, 3.05) is 0 Å². The minimum Gasteiger partial charge on any atom is -0.479 e. The van der Waals surface area contributed by atoms with E-state index in [-0.39, 0.29) is 11.8 Å². The van der Waals surface area contributed by atoms with E-state index in [1.807, 2.05) is 13.0 Å². The maximum Gasteiger partial charge on any atom is 0.330 e. The number of aliphatic carboxylic acids is 1. The quantitative estimate of drug-likeness (QED) is 0.767. The Hall–Kier alpha value is -1.84. The largest absolute Gasteiger partial charge is 0.479 e. The molecule has 0 radical (unpaired) electrons. The predicted octanol–water partition coefficient (Wildman–Crippen LogP) is 3.14. The van der Waals surface area contributed by atoms with Gasteiger partial charge in [0.25, 0.3) is 0 Å². The standard InChI is InChI=1S/C16H23NO3/c1-3-5-9-12(4-2)15(18)17-14(16(19)20)13-10-7-6-8-11-13/h6-8,10-12,14H,3-5,9H2,1-2H3,(H,17,18)(H,19,20). The number of carbonyl (C=O) groups excluding carboxylic acids is 1. The Bertz CT molecular complexity index is 431. The lowest BCUT2D eigenvalue weighted by Gasteiger charge is -2.19. The molecule has 0 aliphatic carbocycles. The van der Waals surface area contributed by atoms with Crippen LogP contribution in [-0.2, 0) is 9.59 Å². The van der Waals surface area contributed by atoms with E-state index < -0.39 is 12.0 Å². The molecular formula is C16H23NO3. The van der Waals surface area contributed by atoms with Crippen LogP contribution in [0, 0.1) is 5.92 Å². The first-order valence-electron chi connectivity index (χ1n) is 7.18. The van der Waals surface area contributed by atoms with Crippen LogP contribution >= 0.6 is 0 Å².